The van der Waals surface area contributed by atoms with Gasteiger partial charge in [-0.05, 0) is 133 Å². The second kappa shape index (κ2) is 38.4. The summed E-state index contributed by atoms with van der Waals surface area (Å²) >= 11 is 0. The average Bonchev–Trinajstić information content (AvgIpc) is 0.748. The molecule has 12 aromatic carbocycles. The van der Waals surface area contributed by atoms with Gasteiger partial charge in [0.1, 0.15) is 23.3 Å². The fraction of sp³-hybridized carbons (Fsp3) is 0.150. The predicted molar refractivity (Wildman–Crippen MR) is 351 cm³/mol. The SMILES string of the molecule is Cc1c(C)c(F)c(-c2c(F)c(C)c(C)c(F)c2F)c(F)c1F.Cc1c(C)c(F)c(-c2c(F)c(F)c(F)c(F)c2F)c(F)c1F.Cc1c(C)c(F)c(F)c(F)c1F.Cc1c(F)c(F)c(-c2c(F)c(F)c(F)c(F)c2F)c(F)c1F.Cc1c(F)c(F)c(F)c(F)c1F.Cc1c(F)c(F)c(F)c2c(F)c(F)c(F)c(F)c12.Cc1c(F)c(F)c2c(F)c(F)c(F)c(F)c2c1F. The van der Waals surface area contributed by atoms with Gasteiger partial charge in [-0.1, -0.05) is 0 Å². The van der Waals surface area contributed by atoms with E-state index >= 15 is 0 Å². The van der Waals surface area contributed by atoms with Gasteiger partial charge in [0, 0.05) is 22.1 Å². The standard InChI is InChI=1S/C16H12F6.C14H6F8.C13H3F9.2C11H3F7.C8H6F4.C7H3F5/c1-5-7(3)13(19)15(21)9(11(5)17)10-12(18)6(2)8(4)14(20)16(10)22;1-3-4(2)8(16)9(17)5(7(3)15)6-10(18)12(20)14(22)13(21)11(6)19;1-2-5(14)7(16)3(8(17)6(2)15)4-9(18)11(20)13(22)12(21)10(4)19;1-2-5(12)3-4(7(14)6(2)13)9(16)11(18)10(17)8(3)15;1-2-3-4(7(14)9(16)5(2)12)8(15)11(18)10(17)6(3)13;1-3-4(2)6(10)8(12)7(11)5(3)9;1-2-3(8)5(10)7(12)6(11)4(2)9/h1-4H3;1-2H3;1H3;2*1H3;1-2H3;1H3. The third-order valence-corrected chi connectivity index (χ3v) is 18.6. The number of hydrogen-bond donors (Lipinski definition) is 0. The van der Waals surface area contributed by atoms with Gasteiger partial charge in [-0.15, -0.1) is 0 Å². The van der Waals surface area contributed by atoms with Crippen LogP contribution in [0.5, 0.6) is 0 Å². The molecule has 0 unspecified atom stereocenters. The van der Waals surface area contributed by atoms with Gasteiger partial charge in [-0.25, -0.2) is 202 Å². The van der Waals surface area contributed by atoms with Gasteiger partial charge in [0.05, 0.1) is 49.5 Å². The molecule has 0 aliphatic rings. The maximum atomic E-state index is 14.3. The van der Waals surface area contributed by atoms with Crippen LogP contribution in [0.1, 0.15) is 66.8 Å². The monoisotopic (exact) mass is 1870 g/mol. The van der Waals surface area contributed by atoms with Crippen LogP contribution in [0.4, 0.5) is 202 Å². The molecule has 678 valence electrons. The number of benzene rings is 12. The van der Waals surface area contributed by atoms with Crippen molar-refractivity contribution in [3.05, 3.63) is 334 Å². The number of hydrogen-bond acceptors (Lipinski definition) is 0. The summed E-state index contributed by atoms with van der Waals surface area (Å²) in [5.41, 5.74) is -16.5. The first-order valence-electron chi connectivity index (χ1n) is 32.9. The zero-order valence-electron chi connectivity index (χ0n) is 63.4. The van der Waals surface area contributed by atoms with E-state index in [-0.39, 0.29) is 33.4 Å². The fourth-order valence-corrected chi connectivity index (χ4v) is 10.8. The van der Waals surface area contributed by atoms with Gasteiger partial charge in [-0.2, -0.15) is 0 Å². The molecule has 0 radical (unpaired) electrons. The summed E-state index contributed by atoms with van der Waals surface area (Å²) in [7, 11) is 0. The molecule has 0 saturated heterocycles. The summed E-state index contributed by atoms with van der Waals surface area (Å²) < 4.78 is 608. The highest BCUT2D eigenvalue weighted by Crippen LogP contribution is 2.44. The summed E-state index contributed by atoms with van der Waals surface area (Å²) in [6.45, 7) is 11.9. The number of rotatable bonds is 3. The molecule has 0 aliphatic carbocycles. The molecule has 12 aromatic rings. The zero-order chi connectivity index (χ0) is 97.3. The molecule has 126 heavy (non-hydrogen) atoms. The molecule has 0 bridgehead atoms. The van der Waals surface area contributed by atoms with E-state index in [9.17, 15) is 202 Å². The molecule has 0 amide bonds. The fourth-order valence-electron chi connectivity index (χ4n) is 10.8. The van der Waals surface area contributed by atoms with Gasteiger partial charge in [0.15, 0.2) is 227 Å². The Morgan fingerprint density at radius 3 is 0.397 bits per heavy atom. The summed E-state index contributed by atoms with van der Waals surface area (Å²) in [6, 6.07) is 0. The third kappa shape index (κ3) is 17.6. The largest absolute Gasteiger partial charge is 0.206 e. The van der Waals surface area contributed by atoms with Gasteiger partial charge in [-0.3, -0.25) is 0 Å². The Hall–Kier alpha value is -12.1. The van der Waals surface area contributed by atoms with E-state index in [4.69, 9.17) is 0 Å². The highest BCUT2D eigenvalue weighted by molar-refractivity contribution is 5.88. The smallest absolute Gasteiger partial charge is 0.200 e. The molecular formula is C80H36F46. The van der Waals surface area contributed by atoms with E-state index in [1.807, 2.05) is 0 Å². The maximum Gasteiger partial charge on any atom is 0.200 e. The van der Waals surface area contributed by atoms with E-state index < -0.39 is 356 Å². The van der Waals surface area contributed by atoms with E-state index in [1.165, 1.54) is 13.8 Å². The van der Waals surface area contributed by atoms with Crippen molar-refractivity contribution in [1.29, 1.82) is 0 Å². The summed E-state index contributed by atoms with van der Waals surface area (Å²) in [4.78, 5) is 0. The van der Waals surface area contributed by atoms with E-state index in [2.05, 4.69) is 0 Å². The quantitative estimate of drug-likeness (QED) is 0.0940. The molecule has 0 spiro atoms. The number of aryl methyl sites for hydroxylation is 1. The normalized spacial score (nSPS) is 11.1. The lowest BCUT2D eigenvalue weighted by Crippen LogP contribution is -2.09. The lowest BCUT2D eigenvalue weighted by Gasteiger charge is -2.16. The first kappa shape index (κ1) is 103. The van der Waals surface area contributed by atoms with Crippen molar-refractivity contribution in [3.8, 4) is 33.4 Å². The van der Waals surface area contributed by atoms with Gasteiger partial charge in [0.25, 0.3) is 0 Å². The van der Waals surface area contributed by atoms with E-state index in [0.29, 0.717) is 6.92 Å². The number of halogens is 46. The van der Waals surface area contributed by atoms with Gasteiger partial charge in [0.2, 0.25) is 17.5 Å². The molecule has 0 atom stereocenters. The van der Waals surface area contributed by atoms with Crippen LogP contribution >= 0.6 is 0 Å². The van der Waals surface area contributed by atoms with Crippen molar-refractivity contribution in [2.75, 3.05) is 0 Å². The van der Waals surface area contributed by atoms with Crippen LogP contribution in [0.3, 0.4) is 0 Å². The topological polar surface area (TPSA) is 0 Å². The Kier molecular flexibility index (Phi) is 31.3. The highest BCUT2D eigenvalue weighted by atomic mass is 19.2. The minimum Gasteiger partial charge on any atom is -0.206 e. The molecular weight excluding hydrogens is 1830 g/mol. The zero-order valence-corrected chi connectivity index (χ0v) is 63.4. The van der Waals surface area contributed by atoms with E-state index in [0.717, 1.165) is 62.3 Å². The van der Waals surface area contributed by atoms with Crippen LogP contribution in [0.15, 0.2) is 0 Å². The Morgan fingerprint density at radius 2 is 0.167 bits per heavy atom. The Balaban J connectivity index is 0.000000229. The molecule has 46 heteroatoms. The first-order valence-corrected chi connectivity index (χ1v) is 32.9. The van der Waals surface area contributed by atoms with Gasteiger partial charge >= 0.3 is 0 Å². The van der Waals surface area contributed by atoms with Crippen molar-refractivity contribution < 1.29 is 202 Å². The summed E-state index contributed by atoms with van der Waals surface area (Å²) in [5, 5.41) is -5.67. The molecule has 0 nitrogen and oxygen atoms in total. The minimum atomic E-state index is -2.59. The molecule has 0 aromatic heterocycles. The van der Waals surface area contributed by atoms with Crippen molar-refractivity contribution in [2.24, 2.45) is 0 Å². The lowest BCUT2D eigenvalue weighted by atomic mass is 9.94. The molecule has 0 aliphatic heterocycles. The predicted octanol–water partition coefficient (Wildman–Crippen LogP) is 29.2. The van der Waals surface area contributed by atoms with Crippen LogP contribution in [0.2, 0.25) is 0 Å². The molecule has 0 N–H and O–H groups in total. The second-order valence-corrected chi connectivity index (χ2v) is 25.7. The van der Waals surface area contributed by atoms with Crippen LogP contribution in [0, 0.1) is 351 Å². The van der Waals surface area contributed by atoms with E-state index in [1.54, 1.807) is 0 Å². The second-order valence-electron chi connectivity index (χ2n) is 25.7. The molecule has 0 heterocycles. The maximum absolute atomic E-state index is 14.3. The first-order chi connectivity index (χ1) is 57.8. The van der Waals surface area contributed by atoms with Crippen molar-refractivity contribution >= 4 is 21.5 Å². The number of fused-ring (bicyclic) bond motifs is 2. The Bertz CT molecular complexity index is 5220. The average molecular weight is 1870 g/mol. The summed E-state index contributed by atoms with van der Waals surface area (Å²) in [5.74, 6) is -92.4. The van der Waals surface area contributed by atoms with Crippen LogP contribution in [-0.2, 0) is 0 Å². The molecule has 0 saturated carbocycles. The molecule has 0 fully saturated rings. The van der Waals surface area contributed by atoms with Crippen LogP contribution < -0.4 is 0 Å². The Labute approximate surface area is 672 Å². The van der Waals surface area contributed by atoms with Crippen molar-refractivity contribution in [3.63, 3.8) is 0 Å². The highest BCUT2D eigenvalue weighted by Gasteiger charge is 2.38. The minimum absolute atomic E-state index is 0.202. The van der Waals surface area contributed by atoms with Gasteiger partial charge < -0.3 is 0 Å². The molecule has 12 rings (SSSR count). The van der Waals surface area contributed by atoms with Crippen molar-refractivity contribution in [1.82, 2.24) is 0 Å². The Morgan fingerprint density at radius 1 is 0.0714 bits per heavy atom. The van der Waals surface area contributed by atoms with Crippen LogP contribution in [0.25, 0.3) is 54.9 Å². The third-order valence-electron chi connectivity index (χ3n) is 18.6. The summed E-state index contributed by atoms with van der Waals surface area (Å²) in [6.07, 6.45) is 0. The lowest BCUT2D eigenvalue weighted by molar-refractivity contribution is 0.373. The van der Waals surface area contributed by atoms with Crippen LogP contribution in [-0.4, -0.2) is 0 Å². The van der Waals surface area contributed by atoms with Crippen molar-refractivity contribution in [2.45, 2.75) is 83.1 Å².